The molecule has 5 heteroatoms. The predicted molar refractivity (Wildman–Crippen MR) is 82.9 cm³/mol. The third-order valence-electron chi connectivity index (χ3n) is 2.81. The second kappa shape index (κ2) is 7.20. The molecule has 0 aromatic heterocycles. The summed E-state index contributed by atoms with van der Waals surface area (Å²) in [6.45, 7) is 0. The lowest BCUT2D eigenvalue weighted by molar-refractivity contribution is 0.539. The SMILES string of the molecule is NC(CSc1ccccc1)Cc1c(F)ccc(Br)c1F. The Kier molecular flexibility index (Phi) is 5.57. The molecule has 0 saturated heterocycles. The number of rotatable bonds is 5. The predicted octanol–water partition coefficient (Wildman–Crippen LogP) is 4.39. The molecule has 0 saturated carbocycles. The van der Waals surface area contributed by atoms with E-state index in [1.165, 1.54) is 12.1 Å². The van der Waals surface area contributed by atoms with Crippen LogP contribution < -0.4 is 5.73 Å². The fraction of sp³-hybridized carbons (Fsp3) is 0.200. The average molecular weight is 358 g/mol. The zero-order valence-corrected chi connectivity index (χ0v) is 13.1. The number of hydrogen-bond acceptors (Lipinski definition) is 2. The van der Waals surface area contributed by atoms with E-state index >= 15 is 0 Å². The molecule has 1 atom stereocenters. The van der Waals surface area contributed by atoms with Crippen LogP contribution in [-0.4, -0.2) is 11.8 Å². The van der Waals surface area contributed by atoms with Gasteiger partial charge in [-0.1, -0.05) is 18.2 Å². The molecule has 2 N–H and O–H groups in total. The van der Waals surface area contributed by atoms with Crippen LogP contribution >= 0.6 is 27.7 Å². The second-order valence-electron chi connectivity index (χ2n) is 4.41. The van der Waals surface area contributed by atoms with Gasteiger partial charge >= 0.3 is 0 Å². The second-order valence-corrected chi connectivity index (χ2v) is 6.36. The van der Waals surface area contributed by atoms with Gasteiger partial charge in [0.1, 0.15) is 11.6 Å². The molecule has 0 amide bonds. The van der Waals surface area contributed by atoms with Gasteiger partial charge in [0, 0.05) is 22.3 Å². The van der Waals surface area contributed by atoms with Crippen LogP contribution in [0.4, 0.5) is 8.78 Å². The molecular formula is C15H14BrF2NS. The van der Waals surface area contributed by atoms with E-state index in [4.69, 9.17) is 5.73 Å². The first-order valence-electron chi connectivity index (χ1n) is 6.13. The minimum atomic E-state index is -0.565. The van der Waals surface area contributed by atoms with Gasteiger partial charge in [-0.15, -0.1) is 11.8 Å². The Bertz CT molecular complexity index is 578. The average Bonchev–Trinajstić information content (AvgIpc) is 2.46. The smallest absolute Gasteiger partial charge is 0.143 e. The summed E-state index contributed by atoms with van der Waals surface area (Å²) in [7, 11) is 0. The van der Waals surface area contributed by atoms with Crippen LogP contribution in [0.2, 0.25) is 0 Å². The third-order valence-corrected chi connectivity index (χ3v) is 4.63. The minimum Gasteiger partial charge on any atom is -0.327 e. The molecule has 0 aliphatic carbocycles. The molecule has 106 valence electrons. The molecule has 0 fully saturated rings. The van der Waals surface area contributed by atoms with Gasteiger partial charge < -0.3 is 5.73 Å². The van der Waals surface area contributed by atoms with Crippen molar-refractivity contribution in [1.29, 1.82) is 0 Å². The van der Waals surface area contributed by atoms with Gasteiger partial charge in [-0.05, 0) is 46.6 Å². The van der Waals surface area contributed by atoms with Gasteiger partial charge in [-0.3, -0.25) is 0 Å². The zero-order chi connectivity index (χ0) is 14.5. The van der Waals surface area contributed by atoms with Crippen molar-refractivity contribution in [2.45, 2.75) is 17.4 Å². The largest absolute Gasteiger partial charge is 0.327 e. The monoisotopic (exact) mass is 357 g/mol. The van der Waals surface area contributed by atoms with Gasteiger partial charge in [0.15, 0.2) is 0 Å². The standard InChI is InChI=1S/C15H14BrF2NS/c16-13-6-7-14(17)12(15(13)18)8-10(19)9-20-11-4-2-1-3-5-11/h1-7,10H,8-9,19H2. The van der Waals surface area contributed by atoms with E-state index < -0.39 is 11.6 Å². The summed E-state index contributed by atoms with van der Waals surface area (Å²) in [6, 6.07) is 12.1. The molecule has 1 unspecified atom stereocenters. The first kappa shape index (κ1) is 15.5. The summed E-state index contributed by atoms with van der Waals surface area (Å²) in [6.07, 6.45) is 0.178. The minimum absolute atomic E-state index is 0.0422. The summed E-state index contributed by atoms with van der Waals surface area (Å²) in [5.74, 6) is -0.508. The van der Waals surface area contributed by atoms with E-state index in [0.717, 1.165) is 4.90 Å². The van der Waals surface area contributed by atoms with Crippen molar-refractivity contribution in [3.05, 3.63) is 64.1 Å². The Labute approximate surface area is 129 Å². The summed E-state index contributed by atoms with van der Waals surface area (Å²) in [5.41, 5.74) is 6.01. The molecule has 0 bridgehead atoms. The van der Waals surface area contributed by atoms with Crippen molar-refractivity contribution in [2.24, 2.45) is 5.73 Å². The maximum absolute atomic E-state index is 13.8. The maximum atomic E-state index is 13.8. The summed E-state index contributed by atoms with van der Waals surface area (Å²) in [4.78, 5) is 1.10. The summed E-state index contributed by atoms with van der Waals surface area (Å²) < 4.78 is 27.7. The molecule has 20 heavy (non-hydrogen) atoms. The zero-order valence-electron chi connectivity index (χ0n) is 10.7. The summed E-state index contributed by atoms with van der Waals surface area (Å²) >= 11 is 4.64. The highest BCUT2D eigenvalue weighted by molar-refractivity contribution is 9.10. The van der Waals surface area contributed by atoms with Crippen LogP contribution in [0.5, 0.6) is 0 Å². The fourth-order valence-electron chi connectivity index (χ4n) is 1.80. The van der Waals surface area contributed by atoms with E-state index in [1.807, 2.05) is 30.3 Å². The number of thioether (sulfide) groups is 1. The molecule has 2 rings (SSSR count). The highest BCUT2D eigenvalue weighted by Gasteiger charge is 2.15. The van der Waals surface area contributed by atoms with Crippen molar-refractivity contribution >= 4 is 27.7 Å². The van der Waals surface area contributed by atoms with E-state index in [-0.39, 0.29) is 22.5 Å². The number of hydrogen-bond donors (Lipinski definition) is 1. The molecule has 2 aromatic carbocycles. The Balaban J connectivity index is 1.98. The molecule has 1 nitrogen and oxygen atoms in total. The topological polar surface area (TPSA) is 26.0 Å². The van der Waals surface area contributed by atoms with Crippen molar-refractivity contribution < 1.29 is 8.78 Å². The normalized spacial score (nSPS) is 12.4. The lowest BCUT2D eigenvalue weighted by Crippen LogP contribution is -2.26. The lowest BCUT2D eigenvalue weighted by Gasteiger charge is -2.13. The highest BCUT2D eigenvalue weighted by atomic mass is 79.9. The van der Waals surface area contributed by atoms with Crippen LogP contribution in [0, 0.1) is 11.6 Å². The van der Waals surface area contributed by atoms with Crippen LogP contribution in [-0.2, 0) is 6.42 Å². The van der Waals surface area contributed by atoms with Gasteiger partial charge in [-0.2, -0.15) is 0 Å². The lowest BCUT2D eigenvalue weighted by atomic mass is 10.1. The molecular weight excluding hydrogens is 344 g/mol. The van der Waals surface area contributed by atoms with E-state index in [2.05, 4.69) is 15.9 Å². The van der Waals surface area contributed by atoms with E-state index in [9.17, 15) is 8.78 Å². The molecule has 0 spiro atoms. The van der Waals surface area contributed by atoms with E-state index in [1.54, 1.807) is 11.8 Å². The molecule has 0 heterocycles. The van der Waals surface area contributed by atoms with Crippen molar-refractivity contribution in [1.82, 2.24) is 0 Å². The number of nitrogens with two attached hydrogens (primary N) is 1. The van der Waals surface area contributed by atoms with Gasteiger partial charge in [0.05, 0.1) is 4.47 Å². The van der Waals surface area contributed by atoms with Crippen LogP contribution in [0.15, 0.2) is 51.8 Å². The Morgan fingerprint density at radius 1 is 1.10 bits per heavy atom. The van der Waals surface area contributed by atoms with Gasteiger partial charge in [-0.25, -0.2) is 8.78 Å². The molecule has 0 aliphatic heterocycles. The highest BCUT2D eigenvalue weighted by Crippen LogP contribution is 2.24. The number of halogens is 3. The van der Waals surface area contributed by atoms with Crippen molar-refractivity contribution in [2.75, 3.05) is 5.75 Å². The maximum Gasteiger partial charge on any atom is 0.143 e. The number of benzene rings is 2. The summed E-state index contributed by atoms with van der Waals surface area (Å²) in [5, 5.41) is 0. The molecule has 0 aliphatic rings. The van der Waals surface area contributed by atoms with Crippen molar-refractivity contribution in [3.8, 4) is 0 Å². The third kappa shape index (κ3) is 4.04. The van der Waals surface area contributed by atoms with Gasteiger partial charge in [0.25, 0.3) is 0 Å². The fourth-order valence-corrected chi connectivity index (χ4v) is 3.04. The Morgan fingerprint density at radius 2 is 1.80 bits per heavy atom. The Morgan fingerprint density at radius 3 is 2.50 bits per heavy atom. The van der Waals surface area contributed by atoms with Gasteiger partial charge in [0.2, 0.25) is 0 Å². The van der Waals surface area contributed by atoms with E-state index in [0.29, 0.717) is 5.75 Å². The van der Waals surface area contributed by atoms with Crippen LogP contribution in [0.1, 0.15) is 5.56 Å². The van der Waals surface area contributed by atoms with Crippen LogP contribution in [0.3, 0.4) is 0 Å². The van der Waals surface area contributed by atoms with Crippen LogP contribution in [0.25, 0.3) is 0 Å². The van der Waals surface area contributed by atoms with Crippen molar-refractivity contribution in [3.63, 3.8) is 0 Å². The first-order chi connectivity index (χ1) is 9.58. The first-order valence-corrected chi connectivity index (χ1v) is 7.91. The molecule has 0 radical (unpaired) electrons. The quantitative estimate of drug-likeness (QED) is 0.634. The Hall–Kier alpha value is -0.910. The molecule has 2 aromatic rings.